The van der Waals surface area contributed by atoms with Crippen LogP contribution in [0.5, 0.6) is 11.5 Å². The van der Waals surface area contributed by atoms with E-state index < -0.39 is 0 Å². The third kappa shape index (κ3) is 6.23. The zero-order valence-electron chi connectivity index (χ0n) is 14.4. The minimum atomic E-state index is 0.637. The molecule has 0 radical (unpaired) electrons. The molecule has 0 aliphatic carbocycles. The topological polar surface area (TPSA) is 30.5 Å². The van der Waals surface area contributed by atoms with Crippen LogP contribution >= 0.6 is 0 Å². The zero-order chi connectivity index (χ0) is 16.5. The van der Waals surface area contributed by atoms with Gasteiger partial charge in [-0.2, -0.15) is 0 Å². The number of rotatable bonds is 9. The summed E-state index contributed by atoms with van der Waals surface area (Å²) in [5.41, 5.74) is 3.54. The summed E-state index contributed by atoms with van der Waals surface area (Å²) in [5, 5.41) is 3.36. The highest BCUT2D eigenvalue weighted by Gasteiger charge is 1.98. The van der Waals surface area contributed by atoms with Crippen LogP contribution in [-0.2, 0) is 0 Å². The number of hydrogen-bond acceptors (Lipinski definition) is 3. The lowest BCUT2D eigenvalue weighted by atomic mass is 10.1. The summed E-state index contributed by atoms with van der Waals surface area (Å²) in [6.07, 6.45) is 2.25. The van der Waals surface area contributed by atoms with Gasteiger partial charge in [-0.25, -0.2) is 0 Å². The molecule has 2 rings (SSSR count). The van der Waals surface area contributed by atoms with Crippen molar-refractivity contribution in [2.24, 2.45) is 0 Å². The first kappa shape index (κ1) is 17.2. The summed E-state index contributed by atoms with van der Waals surface area (Å²) >= 11 is 0. The van der Waals surface area contributed by atoms with Crippen LogP contribution in [0.1, 0.15) is 30.9 Å². The van der Waals surface area contributed by atoms with Gasteiger partial charge in [0.1, 0.15) is 18.1 Å². The molecule has 0 amide bonds. The Morgan fingerprint density at radius 1 is 0.826 bits per heavy atom. The maximum atomic E-state index is 5.79. The predicted molar refractivity (Wildman–Crippen MR) is 96.7 cm³/mol. The van der Waals surface area contributed by atoms with E-state index in [1.165, 1.54) is 11.1 Å². The Bertz CT molecular complexity index is 573. The fourth-order valence-corrected chi connectivity index (χ4v) is 2.38. The minimum Gasteiger partial charge on any atom is -0.494 e. The number of nitrogens with one attached hydrogen (secondary N) is 1. The summed E-state index contributed by atoms with van der Waals surface area (Å²) in [7, 11) is 0. The van der Waals surface area contributed by atoms with E-state index in [1.807, 2.05) is 24.3 Å². The Morgan fingerprint density at radius 2 is 1.48 bits per heavy atom. The molecule has 0 unspecified atom stereocenters. The molecule has 0 aromatic heterocycles. The van der Waals surface area contributed by atoms with Crippen molar-refractivity contribution in [3.63, 3.8) is 0 Å². The maximum Gasteiger partial charge on any atom is 0.119 e. The van der Waals surface area contributed by atoms with Crippen LogP contribution in [0.15, 0.2) is 42.5 Å². The van der Waals surface area contributed by atoms with Gasteiger partial charge in [0.15, 0.2) is 0 Å². The zero-order valence-corrected chi connectivity index (χ0v) is 14.4. The molecule has 0 bridgehead atoms. The third-order valence-electron chi connectivity index (χ3n) is 3.52. The second-order valence-electron chi connectivity index (χ2n) is 5.83. The van der Waals surface area contributed by atoms with Crippen molar-refractivity contribution in [1.82, 2.24) is 0 Å². The molecule has 3 heteroatoms. The SMILES string of the molecule is CCCCOc1ccc(NCCOc2cc(C)cc(C)c2)cc1. The van der Waals surface area contributed by atoms with Gasteiger partial charge < -0.3 is 14.8 Å². The van der Waals surface area contributed by atoms with E-state index in [4.69, 9.17) is 9.47 Å². The third-order valence-corrected chi connectivity index (χ3v) is 3.52. The summed E-state index contributed by atoms with van der Waals surface area (Å²) < 4.78 is 11.4. The van der Waals surface area contributed by atoms with E-state index in [0.717, 1.165) is 43.2 Å². The van der Waals surface area contributed by atoms with Crippen LogP contribution in [0.25, 0.3) is 0 Å². The smallest absolute Gasteiger partial charge is 0.119 e. The summed E-state index contributed by atoms with van der Waals surface area (Å²) in [5.74, 6) is 1.86. The fraction of sp³-hybridized carbons (Fsp3) is 0.400. The average molecular weight is 313 g/mol. The number of aryl methyl sites for hydroxylation is 2. The minimum absolute atomic E-state index is 0.637. The molecule has 23 heavy (non-hydrogen) atoms. The monoisotopic (exact) mass is 313 g/mol. The largest absolute Gasteiger partial charge is 0.494 e. The lowest BCUT2D eigenvalue weighted by Crippen LogP contribution is -2.11. The van der Waals surface area contributed by atoms with Crippen molar-refractivity contribution in [3.05, 3.63) is 53.6 Å². The Hall–Kier alpha value is -2.16. The van der Waals surface area contributed by atoms with Crippen molar-refractivity contribution in [2.45, 2.75) is 33.6 Å². The lowest BCUT2D eigenvalue weighted by molar-refractivity contribution is 0.309. The molecule has 3 nitrogen and oxygen atoms in total. The molecule has 1 N–H and O–H groups in total. The van der Waals surface area contributed by atoms with Crippen LogP contribution in [-0.4, -0.2) is 19.8 Å². The van der Waals surface area contributed by atoms with E-state index in [-0.39, 0.29) is 0 Å². The van der Waals surface area contributed by atoms with Gasteiger partial charge in [0.05, 0.1) is 6.61 Å². The highest BCUT2D eigenvalue weighted by Crippen LogP contribution is 2.17. The molecular formula is C20H27NO2. The Morgan fingerprint density at radius 3 is 2.13 bits per heavy atom. The van der Waals surface area contributed by atoms with Crippen LogP contribution in [0, 0.1) is 13.8 Å². The van der Waals surface area contributed by atoms with Crippen LogP contribution in [0.2, 0.25) is 0 Å². The molecule has 0 aliphatic heterocycles. The molecule has 0 aliphatic rings. The van der Waals surface area contributed by atoms with Crippen molar-refractivity contribution in [1.29, 1.82) is 0 Å². The van der Waals surface area contributed by atoms with Gasteiger partial charge >= 0.3 is 0 Å². The van der Waals surface area contributed by atoms with Gasteiger partial charge in [-0.15, -0.1) is 0 Å². The van der Waals surface area contributed by atoms with Gasteiger partial charge in [0, 0.05) is 12.2 Å². The molecule has 0 heterocycles. The first-order valence-electron chi connectivity index (χ1n) is 8.35. The Kier molecular flexibility index (Phi) is 6.79. The average Bonchev–Trinajstić information content (AvgIpc) is 2.52. The van der Waals surface area contributed by atoms with Gasteiger partial charge in [-0.05, 0) is 67.8 Å². The molecule has 2 aromatic rings. The first-order valence-corrected chi connectivity index (χ1v) is 8.35. The highest BCUT2D eigenvalue weighted by atomic mass is 16.5. The van der Waals surface area contributed by atoms with E-state index in [0.29, 0.717) is 6.61 Å². The van der Waals surface area contributed by atoms with Crippen molar-refractivity contribution >= 4 is 5.69 Å². The number of ether oxygens (including phenoxy) is 2. The van der Waals surface area contributed by atoms with Gasteiger partial charge in [0.25, 0.3) is 0 Å². The molecule has 0 saturated heterocycles. The maximum absolute atomic E-state index is 5.79. The molecule has 0 atom stereocenters. The van der Waals surface area contributed by atoms with E-state index in [1.54, 1.807) is 0 Å². The van der Waals surface area contributed by atoms with Crippen molar-refractivity contribution in [3.8, 4) is 11.5 Å². The molecule has 0 spiro atoms. The van der Waals surface area contributed by atoms with Crippen molar-refractivity contribution < 1.29 is 9.47 Å². The van der Waals surface area contributed by atoms with Gasteiger partial charge in [0.2, 0.25) is 0 Å². The van der Waals surface area contributed by atoms with Crippen LogP contribution in [0.4, 0.5) is 5.69 Å². The molecule has 0 fully saturated rings. The molecular weight excluding hydrogens is 286 g/mol. The predicted octanol–water partition coefficient (Wildman–Crippen LogP) is 4.97. The quantitative estimate of drug-likeness (QED) is 0.663. The second-order valence-corrected chi connectivity index (χ2v) is 5.83. The second kappa shape index (κ2) is 9.09. The van der Waals surface area contributed by atoms with Crippen LogP contribution in [0.3, 0.4) is 0 Å². The van der Waals surface area contributed by atoms with E-state index in [9.17, 15) is 0 Å². The number of anilines is 1. The lowest BCUT2D eigenvalue weighted by Gasteiger charge is -2.11. The van der Waals surface area contributed by atoms with Crippen LogP contribution < -0.4 is 14.8 Å². The molecule has 2 aromatic carbocycles. The summed E-state index contributed by atoms with van der Waals surface area (Å²) in [4.78, 5) is 0. The fourth-order valence-electron chi connectivity index (χ4n) is 2.38. The molecule has 124 valence electrons. The number of benzene rings is 2. The van der Waals surface area contributed by atoms with Crippen molar-refractivity contribution in [2.75, 3.05) is 25.1 Å². The summed E-state index contributed by atoms with van der Waals surface area (Å²) in [6, 6.07) is 14.4. The standard InChI is InChI=1S/C20H27NO2/c1-4-5-11-22-19-8-6-18(7-9-19)21-10-12-23-20-14-16(2)13-17(3)15-20/h6-9,13-15,21H,4-5,10-12H2,1-3H3. The number of hydrogen-bond donors (Lipinski definition) is 1. The normalized spacial score (nSPS) is 10.4. The first-order chi connectivity index (χ1) is 11.2. The number of unbranched alkanes of at least 4 members (excludes halogenated alkanes) is 1. The van der Waals surface area contributed by atoms with Gasteiger partial charge in [-0.3, -0.25) is 0 Å². The van der Waals surface area contributed by atoms with Gasteiger partial charge in [-0.1, -0.05) is 19.4 Å². The summed E-state index contributed by atoms with van der Waals surface area (Å²) in [6.45, 7) is 8.52. The molecule has 0 saturated carbocycles. The van der Waals surface area contributed by atoms with E-state index >= 15 is 0 Å². The van der Waals surface area contributed by atoms with E-state index in [2.05, 4.69) is 44.3 Å². The Balaban J connectivity index is 1.71. The highest BCUT2D eigenvalue weighted by molar-refractivity contribution is 5.46. The Labute approximate surface area is 139 Å².